The zero-order valence-electron chi connectivity index (χ0n) is 7.97. The molecule has 2 aromatic rings. The minimum absolute atomic E-state index is 0.282. The molecule has 2 nitrogen and oxygen atoms in total. The number of rotatable bonds is 3. The maximum absolute atomic E-state index is 4.02. The molecule has 0 saturated heterocycles. The fourth-order valence-electron chi connectivity index (χ4n) is 1.52. The third-order valence-electron chi connectivity index (χ3n) is 2.20. The summed E-state index contributed by atoms with van der Waals surface area (Å²) in [7, 11) is 1.97. The Kier molecular flexibility index (Phi) is 2.91. The lowest BCUT2D eigenvalue weighted by molar-refractivity contribution is 0.693. The van der Waals surface area contributed by atoms with Crippen LogP contribution in [0.3, 0.4) is 0 Å². The molecular formula is C11H12N2S. The second-order valence-corrected chi connectivity index (χ2v) is 3.84. The van der Waals surface area contributed by atoms with Gasteiger partial charge in [-0.15, -0.1) is 0 Å². The van der Waals surface area contributed by atoms with Gasteiger partial charge in [-0.2, -0.15) is 11.3 Å². The van der Waals surface area contributed by atoms with Crippen LogP contribution in [0.5, 0.6) is 0 Å². The average Bonchev–Trinajstić information content (AvgIpc) is 2.74. The van der Waals surface area contributed by atoms with Crippen LogP contribution in [0.4, 0.5) is 0 Å². The predicted octanol–water partition coefficient (Wildman–Crippen LogP) is 2.45. The largest absolute Gasteiger partial charge is 0.309 e. The van der Waals surface area contributed by atoms with E-state index >= 15 is 0 Å². The molecule has 0 aromatic carbocycles. The Labute approximate surface area is 87.6 Å². The Morgan fingerprint density at radius 3 is 2.57 bits per heavy atom. The van der Waals surface area contributed by atoms with Gasteiger partial charge >= 0.3 is 0 Å². The van der Waals surface area contributed by atoms with E-state index in [0.29, 0.717) is 0 Å². The molecule has 0 bridgehead atoms. The molecule has 0 radical (unpaired) electrons. The van der Waals surface area contributed by atoms with Crippen molar-refractivity contribution >= 4 is 11.3 Å². The third kappa shape index (κ3) is 1.84. The first kappa shape index (κ1) is 9.37. The van der Waals surface area contributed by atoms with Crippen LogP contribution in [0, 0.1) is 0 Å². The molecule has 72 valence electrons. The summed E-state index contributed by atoms with van der Waals surface area (Å²) in [6.07, 6.45) is 3.65. The van der Waals surface area contributed by atoms with E-state index in [1.165, 1.54) is 11.1 Å². The molecule has 0 amide bonds. The highest BCUT2D eigenvalue weighted by Crippen LogP contribution is 2.22. The molecule has 0 aliphatic rings. The van der Waals surface area contributed by atoms with Gasteiger partial charge < -0.3 is 5.32 Å². The number of hydrogen-bond donors (Lipinski definition) is 1. The zero-order valence-corrected chi connectivity index (χ0v) is 8.79. The molecule has 2 aromatic heterocycles. The Bertz CT molecular complexity index is 369. The highest BCUT2D eigenvalue weighted by atomic mass is 32.1. The fourth-order valence-corrected chi connectivity index (χ4v) is 2.21. The van der Waals surface area contributed by atoms with Gasteiger partial charge in [0.05, 0.1) is 6.04 Å². The number of pyridine rings is 1. The summed E-state index contributed by atoms with van der Waals surface area (Å²) in [5.41, 5.74) is 2.56. The molecule has 2 rings (SSSR count). The Balaban J connectivity index is 2.31. The maximum atomic E-state index is 4.02. The van der Waals surface area contributed by atoms with Crippen molar-refractivity contribution in [1.29, 1.82) is 0 Å². The molecule has 0 aliphatic heterocycles. The van der Waals surface area contributed by atoms with E-state index in [1.807, 2.05) is 31.6 Å². The van der Waals surface area contributed by atoms with Crippen LogP contribution in [0.15, 0.2) is 41.4 Å². The van der Waals surface area contributed by atoms with E-state index in [-0.39, 0.29) is 6.04 Å². The number of thiophene rings is 1. The Morgan fingerprint density at radius 1 is 1.21 bits per heavy atom. The summed E-state index contributed by atoms with van der Waals surface area (Å²) >= 11 is 1.72. The third-order valence-corrected chi connectivity index (χ3v) is 2.91. The smallest absolute Gasteiger partial charge is 0.0583 e. The molecule has 0 saturated carbocycles. The normalized spacial score (nSPS) is 12.6. The minimum Gasteiger partial charge on any atom is -0.309 e. The molecule has 2 heterocycles. The molecule has 1 N–H and O–H groups in total. The van der Waals surface area contributed by atoms with E-state index in [0.717, 1.165) is 0 Å². The summed E-state index contributed by atoms with van der Waals surface area (Å²) in [5, 5.41) is 7.57. The fraction of sp³-hybridized carbons (Fsp3) is 0.182. The number of nitrogens with one attached hydrogen (secondary N) is 1. The summed E-state index contributed by atoms with van der Waals surface area (Å²) in [6, 6.07) is 6.51. The Hall–Kier alpha value is -1.19. The minimum atomic E-state index is 0.282. The molecule has 1 atom stereocenters. The number of nitrogens with zero attached hydrogens (tertiary/aromatic N) is 1. The first-order valence-corrected chi connectivity index (χ1v) is 5.45. The second kappa shape index (κ2) is 4.35. The van der Waals surface area contributed by atoms with E-state index < -0.39 is 0 Å². The lowest BCUT2D eigenvalue weighted by Crippen LogP contribution is -2.16. The van der Waals surface area contributed by atoms with Gasteiger partial charge in [0, 0.05) is 12.4 Å². The second-order valence-electron chi connectivity index (χ2n) is 3.06. The lowest BCUT2D eigenvalue weighted by Gasteiger charge is -2.14. The van der Waals surface area contributed by atoms with Crippen molar-refractivity contribution in [1.82, 2.24) is 10.3 Å². The maximum Gasteiger partial charge on any atom is 0.0583 e. The molecule has 1 unspecified atom stereocenters. The number of hydrogen-bond acceptors (Lipinski definition) is 3. The van der Waals surface area contributed by atoms with Gasteiger partial charge in [0.15, 0.2) is 0 Å². The molecule has 0 fully saturated rings. The van der Waals surface area contributed by atoms with Crippen LogP contribution < -0.4 is 5.32 Å². The predicted molar refractivity (Wildman–Crippen MR) is 59.5 cm³/mol. The highest BCUT2D eigenvalue weighted by molar-refractivity contribution is 7.08. The topological polar surface area (TPSA) is 24.9 Å². The van der Waals surface area contributed by atoms with Crippen molar-refractivity contribution in [3.63, 3.8) is 0 Å². The molecule has 0 spiro atoms. The molecule has 3 heteroatoms. The summed E-state index contributed by atoms with van der Waals surface area (Å²) in [6.45, 7) is 0. The van der Waals surface area contributed by atoms with Crippen molar-refractivity contribution in [2.75, 3.05) is 7.05 Å². The van der Waals surface area contributed by atoms with Crippen molar-refractivity contribution in [2.24, 2.45) is 0 Å². The van der Waals surface area contributed by atoms with Gasteiger partial charge in [-0.3, -0.25) is 4.98 Å². The van der Waals surface area contributed by atoms with Gasteiger partial charge in [-0.1, -0.05) is 0 Å². The van der Waals surface area contributed by atoms with Crippen molar-refractivity contribution in [3.8, 4) is 0 Å². The lowest BCUT2D eigenvalue weighted by atomic mass is 10.0. The number of aromatic nitrogens is 1. The van der Waals surface area contributed by atoms with Crippen LogP contribution in [-0.2, 0) is 0 Å². The zero-order chi connectivity index (χ0) is 9.80. The van der Waals surface area contributed by atoms with Crippen LogP contribution >= 0.6 is 11.3 Å². The van der Waals surface area contributed by atoms with Crippen molar-refractivity contribution in [3.05, 3.63) is 52.5 Å². The Morgan fingerprint density at radius 2 is 2.00 bits per heavy atom. The van der Waals surface area contributed by atoms with E-state index in [2.05, 4.69) is 27.1 Å². The monoisotopic (exact) mass is 204 g/mol. The molecular weight excluding hydrogens is 192 g/mol. The van der Waals surface area contributed by atoms with Crippen molar-refractivity contribution < 1.29 is 0 Å². The van der Waals surface area contributed by atoms with Gasteiger partial charge in [0.2, 0.25) is 0 Å². The van der Waals surface area contributed by atoms with Gasteiger partial charge in [-0.25, -0.2) is 0 Å². The van der Waals surface area contributed by atoms with Crippen LogP contribution in [0.2, 0.25) is 0 Å². The summed E-state index contributed by atoms with van der Waals surface area (Å²) in [4.78, 5) is 4.02. The van der Waals surface area contributed by atoms with E-state index in [4.69, 9.17) is 0 Å². The van der Waals surface area contributed by atoms with E-state index in [1.54, 1.807) is 11.3 Å². The standard InChI is InChI=1S/C11H12N2S/c1-12-11(10-4-7-14-8-10)9-2-5-13-6-3-9/h2-8,11-12H,1H3. The summed E-state index contributed by atoms with van der Waals surface area (Å²) in [5.74, 6) is 0. The van der Waals surface area contributed by atoms with Crippen LogP contribution in [0.1, 0.15) is 17.2 Å². The highest BCUT2D eigenvalue weighted by Gasteiger charge is 2.10. The quantitative estimate of drug-likeness (QED) is 0.830. The van der Waals surface area contributed by atoms with Crippen LogP contribution in [-0.4, -0.2) is 12.0 Å². The van der Waals surface area contributed by atoms with Gasteiger partial charge in [0.1, 0.15) is 0 Å². The molecule has 0 aliphatic carbocycles. The first-order valence-electron chi connectivity index (χ1n) is 4.51. The summed E-state index contributed by atoms with van der Waals surface area (Å²) < 4.78 is 0. The average molecular weight is 204 g/mol. The van der Waals surface area contributed by atoms with Crippen molar-refractivity contribution in [2.45, 2.75) is 6.04 Å². The van der Waals surface area contributed by atoms with Gasteiger partial charge in [-0.05, 0) is 47.1 Å². The van der Waals surface area contributed by atoms with Crippen LogP contribution in [0.25, 0.3) is 0 Å². The SMILES string of the molecule is CNC(c1ccncc1)c1ccsc1. The molecule has 14 heavy (non-hydrogen) atoms. The van der Waals surface area contributed by atoms with E-state index in [9.17, 15) is 0 Å². The van der Waals surface area contributed by atoms with Gasteiger partial charge in [0.25, 0.3) is 0 Å². The first-order chi connectivity index (χ1) is 6.92.